The molecule has 1 saturated heterocycles. The molecule has 1 aliphatic carbocycles. The minimum absolute atomic E-state index is 0. The van der Waals surface area contributed by atoms with Gasteiger partial charge in [-0.05, 0) is 61.4 Å². The Morgan fingerprint density at radius 1 is 1.19 bits per heavy atom. The zero-order valence-corrected chi connectivity index (χ0v) is 20.9. The van der Waals surface area contributed by atoms with Crippen molar-refractivity contribution in [3.63, 3.8) is 0 Å². The summed E-state index contributed by atoms with van der Waals surface area (Å²) in [4.78, 5) is 22.8. The second-order valence-electron chi connectivity index (χ2n) is 8.12. The Labute approximate surface area is 207 Å². The number of hydrogen-bond donors (Lipinski definition) is 2. The molecule has 1 aliphatic heterocycles. The van der Waals surface area contributed by atoms with Gasteiger partial charge in [0.05, 0.1) is 13.2 Å². The van der Waals surface area contributed by atoms with E-state index in [0.717, 1.165) is 48.9 Å². The van der Waals surface area contributed by atoms with Gasteiger partial charge in [-0.1, -0.05) is 12.1 Å². The number of carbonyl (C=O) groups is 1. The first-order valence-corrected chi connectivity index (χ1v) is 11.2. The van der Waals surface area contributed by atoms with E-state index in [0.29, 0.717) is 31.3 Å². The van der Waals surface area contributed by atoms with E-state index in [9.17, 15) is 4.79 Å². The first-order chi connectivity index (χ1) is 15.2. The quantitative estimate of drug-likeness (QED) is 0.282. The van der Waals surface area contributed by atoms with Crippen molar-refractivity contribution in [1.29, 1.82) is 0 Å². The second-order valence-corrected chi connectivity index (χ2v) is 8.12. The van der Waals surface area contributed by atoms with Crippen LogP contribution in [0.15, 0.2) is 47.6 Å². The molecule has 2 N–H and O–H groups in total. The van der Waals surface area contributed by atoms with Crippen LogP contribution in [-0.4, -0.2) is 36.5 Å². The Morgan fingerprint density at radius 2 is 2.00 bits per heavy atom. The summed E-state index contributed by atoms with van der Waals surface area (Å²) < 4.78 is 5.77. The molecule has 1 amide bonds. The molecular weight excluding hydrogens is 517 g/mol. The number of ether oxygens (including phenoxy) is 1. The van der Waals surface area contributed by atoms with E-state index in [1.165, 1.54) is 12.8 Å². The minimum Gasteiger partial charge on any atom is -0.477 e. The lowest BCUT2D eigenvalue weighted by atomic mass is 10.2. The monoisotopic (exact) mass is 549 g/mol. The number of amides is 1. The first kappa shape index (κ1) is 24.3. The third-order valence-corrected chi connectivity index (χ3v) is 5.51. The molecule has 2 heterocycles. The van der Waals surface area contributed by atoms with Gasteiger partial charge in [0.1, 0.15) is 0 Å². The van der Waals surface area contributed by atoms with Gasteiger partial charge in [-0.25, -0.2) is 9.98 Å². The zero-order valence-electron chi connectivity index (χ0n) is 18.5. The average Bonchev–Trinajstić information content (AvgIpc) is 3.53. The summed E-state index contributed by atoms with van der Waals surface area (Å²) in [5.74, 6) is 2.36. The van der Waals surface area contributed by atoms with Gasteiger partial charge in [0.25, 0.3) is 0 Å². The van der Waals surface area contributed by atoms with Crippen molar-refractivity contribution in [3.8, 4) is 5.88 Å². The summed E-state index contributed by atoms with van der Waals surface area (Å²) in [5.41, 5.74) is 3.18. The molecule has 2 fully saturated rings. The maximum atomic E-state index is 11.9. The van der Waals surface area contributed by atoms with Crippen LogP contribution in [0.1, 0.15) is 43.7 Å². The van der Waals surface area contributed by atoms with Gasteiger partial charge in [-0.3, -0.25) is 4.79 Å². The zero-order chi connectivity index (χ0) is 21.5. The van der Waals surface area contributed by atoms with Crippen LogP contribution in [0.25, 0.3) is 0 Å². The predicted molar refractivity (Wildman–Crippen MR) is 138 cm³/mol. The SMILES string of the molecule is CCNC(=NCc1ccnc(OCC2CC2)c1)NCc1ccc(N2CCCC2=O)cc1.I. The van der Waals surface area contributed by atoms with Crippen molar-refractivity contribution in [2.45, 2.75) is 45.7 Å². The normalized spacial score (nSPS) is 16.0. The molecule has 1 aromatic carbocycles. The predicted octanol–water partition coefficient (Wildman–Crippen LogP) is 3.87. The highest BCUT2D eigenvalue weighted by atomic mass is 127. The highest BCUT2D eigenvalue weighted by Crippen LogP contribution is 2.29. The number of nitrogens with zero attached hydrogens (tertiary/aromatic N) is 3. The molecular formula is C24H32IN5O2. The Bertz CT molecular complexity index is 915. The fourth-order valence-electron chi connectivity index (χ4n) is 3.53. The molecule has 0 bridgehead atoms. The van der Waals surface area contributed by atoms with Gasteiger partial charge in [0, 0.05) is 44.0 Å². The largest absolute Gasteiger partial charge is 0.477 e. The van der Waals surface area contributed by atoms with Crippen LogP contribution < -0.4 is 20.3 Å². The molecule has 0 unspecified atom stereocenters. The van der Waals surface area contributed by atoms with Gasteiger partial charge < -0.3 is 20.3 Å². The van der Waals surface area contributed by atoms with Crippen LogP contribution >= 0.6 is 24.0 Å². The van der Waals surface area contributed by atoms with Crippen LogP contribution in [0.5, 0.6) is 5.88 Å². The summed E-state index contributed by atoms with van der Waals surface area (Å²) in [6, 6.07) is 12.1. The minimum atomic E-state index is 0. The van der Waals surface area contributed by atoms with E-state index in [1.54, 1.807) is 6.20 Å². The second kappa shape index (κ2) is 12.0. The number of aliphatic imine (C=N–C) groups is 1. The van der Waals surface area contributed by atoms with Crippen molar-refractivity contribution in [1.82, 2.24) is 15.6 Å². The number of halogens is 1. The van der Waals surface area contributed by atoms with E-state index < -0.39 is 0 Å². The molecule has 32 heavy (non-hydrogen) atoms. The summed E-state index contributed by atoms with van der Waals surface area (Å²) in [7, 11) is 0. The summed E-state index contributed by atoms with van der Waals surface area (Å²) in [6.07, 6.45) is 5.90. The maximum Gasteiger partial charge on any atom is 0.227 e. The molecule has 8 heteroatoms. The lowest BCUT2D eigenvalue weighted by Gasteiger charge is -2.16. The van der Waals surface area contributed by atoms with E-state index in [2.05, 4.69) is 34.7 Å². The fourth-order valence-corrected chi connectivity index (χ4v) is 3.53. The molecule has 0 radical (unpaired) electrons. The third kappa shape index (κ3) is 7.08. The molecule has 1 saturated carbocycles. The molecule has 7 nitrogen and oxygen atoms in total. The van der Waals surface area contributed by atoms with Gasteiger partial charge in [-0.2, -0.15) is 0 Å². The van der Waals surface area contributed by atoms with Gasteiger partial charge in [0.2, 0.25) is 11.8 Å². The number of hydrogen-bond acceptors (Lipinski definition) is 4. The van der Waals surface area contributed by atoms with Crippen molar-refractivity contribution in [2.24, 2.45) is 10.9 Å². The van der Waals surface area contributed by atoms with Gasteiger partial charge in [-0.15, -0.1) is 24.0 Å². The number of carbonyl (C=O) groups excluding carboxylic acids is 1. The van der Waals surface area contributed by atoms with Crippen molar-refractivity contribution >= 4 is 41.5 Å². The topological polar surface area (TPSA) is 78.9 Å². The third-order valence-electron chi connectivity index (χ3n) is 5.51. The van der Waals surface area contributed by atoms with Gasteiger partial charge >= 0.3 is 0 Å². The molecule has 2 aliphatic rings. The molecule has 1 aromatic heterocycles. The summed E-state index contributed by atoms with van der Waals surface area (Å²) >= 11 is 0. The van der Waals surface area contributed by atoms with E-state index in [4.69, 9.17) is 9.73 Å². The number of rotatable bonds is 9. The van der Waals surface area contributed by atoms with Crippen molar-refractivity contribution < 1.29 is 9.53 Å². The fraction of sp³-hybridized carbons (Fsp3) is 0.458. The van der Waals surface area contributed by atoms with Crippen molar-refractivity contribution in [2.75, 3.05) is 24.6 Å². The standard InChI is InChI=1S/C24H31N5O2.HI/c1-2-25-24(28-16-20-11-12-26-22(14-20)31-17-19-5-6-19)27-15-18-7-9-21(10-8-18)29-13-3-4-23(29)30;/h7-12,14,19H,2-6,13,15-17H2,1H3,(H2,25,27,28);1H. The van der Waals surface area contributed by atoms with Gasteiger partial charge in [0.15, 0.2) is 5.96 Å². The van der Waals surface area contributed by atoms with Crippen LogP contribution in [0, 0.1) is 5.92 Å². The number of nitrogens with one attached hydrogen (secondary N) is 2. The molecule has 0 spiro atoms. The molecule has 172 valence electrons. The summed E-state index contributed by atoms with van der Waals surface area (Å²) in [6.45, 7) is 5.62. The van der Waals surface area contributed by atoms with Crippen LogP contribution in [0.4, 0.5) is 5.69 Å². The first-order valence-electron chi connectivity index (χ1n) is 11.2. The Balaban J connectivity index is 0.00000289. The molecule has 2 aromatic rings. The van der Waals surface area contributed by atoms with Crippen molar-refractivity contribution in [3.05, 3.63) is 53.7 Å². The number of benzene rings is 1. The Kier molecular flexibility index (Phi) is 9.13. The van der Waals surface area contributed by atoms with Crippen LogP contribution in [0.2, 0.25) is 0 Å². The molecule has 4 rings (SSSR count). The lowest BCUT2D eigenvalue weighted by molar-refractivity contribution is -0.117. The van der Waals surface area contributed by atoms with E-state index in [-0.39, 0.29) is 29.9 Å². The van der Waals surface area contributed by atoms with E-state index >= 15 is 0 Å². The smallest absolute Gasteiger partial charge is 0.227 e. The summed E-state index contributed by atoms with van der Waals surface area (Å²) in [5, 5.41) is 6.67. The average molecular weight is 549 g/mol. The number of anilines is 1. The number of aromatic nitrogens is 1. The Morgan fingerprint density at radius 3 is 2.69 bits per heavy atom. The molecule has 0 atom stereocenters. The maximum absolute atomic E-state index is 11.9. The highest BCUT2D eigenvalue weighted by Gasteiger charge is 2.22. The lowest BCUT2D eigenvalue weighted by Crippen LogP contribution is -2.36. The van der Waals surface area contributed by atoms with E-state index in [1.807, 2.05) is 29.2 Å². The van der Waals surface area contributed by atoms with Crippen LogP contribution in [0.3, 0.4) is 0 Å². The Hall–Kier alpha value is -2.36. The highest BCUT2D eigenvalue weighted by molar-refractivity contribution is 14.0. The number of pyridine rings is 1. The van der Waals surface area contributed by atoms with Crippen LogP contribution in [-0.2, 0) is 17.9 Å². The number of guanidine groups is 1.